The summed E-state index contributed by atoms with van der Waals surface area (Å²) >= 11 is 0. The quantitative estimate of drug-likeness (QED) is 0.588. The second kappa shape index (κ2) is 8.74. The van der Waals surface area contributed by atoms with Gasteiger partial charge in [-0.2, -0.15) is 0 Å². The van der Waals surface area contributed by atoms with Crippen LogP contribution in [0.3, 0.4) is 0 Å². The molecule has 6 nitrogen and oxygen atoms in total. The molecule has 0 aromatic heterocycles. The number of rotatable bonds is 8. The molecule has 19 heavy (non-hydrogen) atoms. The summed E-state index contributed by atoms with van der Waals surface area (Å²) in [6.07, 6.45) is 2.75. The highest BCUT2D eigenvalue weighted by atomic mass is 16.6. The van der Waals surface area contributed by atoms with Crippen LogP contribution in [0.2, 0.25) is 0 Å². The van der Waals surface area contributed by atoms with Crippen molar-refractivity contribution in [3.05, 3.63) is 0 Å². The summed E-state index contributed by atoms with van der Waals surface area (Å²) in [5.41, 5.74) is -0.645. The summed E-state index contributed by atoms with van der Waals surface area (Å²) in [5.74, 6) is -1.06. The Morgan fingerprint density at radius 2 is 1.74 bits per heavy atom. The van der Waals surface area contributed by atoms with E-state index in [0.717, 1.165) is 19.3 Å². The minimum atomic E-state index is -1.06. The van der Waals surface area contributed by atoms with E-state index in [2.05, 4.69) is 5.32 Å². The summed E-state index contributed by atoms with van der Waals surface area (Å²) in [6, 6.07) is -0.927. The van der Waals surface area contributed by atoms with E-state index in [9.17, 15) is 9.59 Å². The van der Waals surface area contributed by atoms with E-state index in [1.807, 2.05) is 0 Å². The number of carboxylic acid groups (broad SMARTS) is 1. The average molecular weight is 275 g/mol. The zero-order valence-corrected chi connectivity index (χ0v) is 11.9. The van der Waals surface area contributed by atoms with Crippen LogP contribution in [0.25, 0.3) is 0 Å². The maximum Gasteiger partial charge on any atom is 0.408 e. The van der Waals surface area contributed by atoms with Gasteiger partial charge in [-0.25, -0.2) is 9.59 Å². The fraction of sp³-hybridized carbons (Fsp3) is 0.846. The third-order valence-electron chi connectivity index (χ3n) is 2.39. The zero-order valence-electron chi connectivity index (χ0n) is 11.9. The second-order valence-corrected chi connectivity index (χ2v) is 5.46. The van der Waals surface area contributed by atoms with E-state index in [4.69, 9.17) is 14.9 Å². The zero-order chi connectivity index (χ0) is 14.9. The number of ether oxygens (including phenoxy) is 1. The topological polar surface area (TPSA) is 95.9 Å². The molecule has 6 heteroatoms. The van der Waals surface area contributed by atoms with E-state index < -0.39 is 23.7 Å². The lowest BCUT2D eigenvalue weighted by Crippen LogP contribution is -2.43. The number of unbranched alkanes of at least 4 members (excludes halogenated alkanes) is 3. The Morgan fingerprint density at radius 1 is 1.16 bits per heavy atom. The molecule has 0 aromatic carbocycles. The lowest BCUT2D eigenvalue weighted by Gasteiger charge is -2.22. The Balaban J connectivity index is 4.05. The van der Waals surface area contributed by atoms with Crippen molar-refractivity contribution in [1.29, 1.82) is 0 Å². The number of aliphatic hydroxyl groups is 1. The van der Waals surface area contributed by atoms with E-state index in [1.54, 1.807) is 20.8 Å². The van der Waals surface area contributed by atoms with Crippen LogP contribution in [-0.2, 0) is 9.53 Å². The van der Waals surface area contributed by atoms with E-state index in [0.29, 0.717) is 12.8 Å². The van der Waals surface area contributed by atoms with Gasteiger partial charge in [0.2, 0.25) is 0 Å². The van der Waals surface area contributed by atoms with Crippen LogP contribution in [0.5, 0.6) is 0 Å². The highest BCUT2D eigenvalue weighted by molar-refractivity contribution is 5.79. The Kier molecular flexibility index (Phi) is 8.14. The van der Waals surface area contributed by atoms with Crippen molar-refractivity contribution in [1.82, 2.24) is 5.32 Å². The first-order chi connectivity index (χ1) is 8.76. The molecule has 0 spiro atoms. The summed E-state index contributed by atoms with van der Waals surface area (Å²) in [4.78, 5) is 22.5. The first-order valence-corrected chi connectivity index (χ1v) is 6.59. The number of aliphatic hydroxyl groups excluding tert-OH is 1. The minimum Gasteiger partial charge on any atom is -0.480 e. The molecule has 0 rings (SSSR count). The SMILES string of the molecule is CC(C)(C)OC(=O)NC(CCCCCCO)C(=O)O. The maximum atomic E-state index is 11.5. The normalized spacial score (nSPS) is 12.8. The Morgan fingerprint density at radius 3 is 2.21 bits per heavy atom. The number of alkyl carbamates (subject to hydrolysis) is 1. The molecule has 1 unspecified atom stereocenters. The molecule has 0 aliphatic carbocycles. The van der Waals surface area contributed by atoms with E-state index >= 15 is 0 Å². The summed E-state index contributed by atoms with van der Waals surface area (Å²) < 4.78 is 5.02. The Hall–Kier alpha value is -1.30. The van der Waals surface area contributed by atoms with Crippen molar-refractivity contribution in [3.8, 4) is 0 Å². The summed E-state index contributed by atoms with van der Waals surface area (Å²) in [6.45, 7) is 5.31. The molecule has 0 aliphatic rings. The molecule has 0 saturated heterocycles. The third-order valence-corrected chi connectivity index (χ3v) is 2.39. The minimum absolute atomic E-state index is 0.151. The Bertz CT molecular complexity index is 285. The van der Waals surface area contributed by atoms with Gasteiger partial charge >= 0.3 is 12.1 Å². The molecule has 0 radical (unpaired) electrons. The van der Waals surface area contributed by atoms with Gasteiger partial charge in [0.05, 0.1) is 0 Å². The molecule has 0 saturated carbocycles. The van der Waals surface area contributed by atoms with Crippen LogP contribution in [-0.4, -0.2) is 40.5 Å². The van der Waals surface area contributed by atoms with Gasteiger partial charge in [-0.15, -0.1) is 0 Å². The van der Waals surface area contributed by atoms with Crippen LogP contribution in [0.1, 0.15) is 52.9 Å². The molecule has 112 valence electrons. The number of carbonyl (C=O) groups excluding carboxylic acids is 1. The highest BCUT2D eigenvalue weighted by Gasteiger charge is 2.23. The average Bonchev–Trinajstić information content (AvgIpc) is 2.24. The fourth-order valence-corrected chi connectivity index (χ4v) is 1.52. The molecule has 0 aromatic rings. The number of carbonyl (C=O) groups is 2. The number of hydrogen-bond donors (Lipinski definition) is 3. The molecule has 1 atom stereocenters. The van der Waals surface area contributed by atoms with Crippen molar-refractivity contribution in [2.75, 3.05) is 6.61 Å². The monoisotopic (exact) mass is 275 g/mol. The molecule has 0 aliphatic heterocycles. The van der Waals surface area contributed by atoms with Crippen LogP contribution in [0.15, 0.2) is 0 Å². The first kappa shape index (κ1) is 17.7. The largest absolute Gasteiger partial charge is 0.480 e. The lowest BCUT2D eigenvalue weighted by molar-refractivity contribution is -0.139. The molecule has 3 N–H and O–H groups in total. The molecular formula is C13H25NO5. The molecule has 0 heterocycles. The molecule has 0 fully saturated rings. The summed E-state index contributed by atoms with van der Waals surface area (Å²) in [5, 5.41) is 20.0. The van der Waals surface area contributed by atoms with Gasteiger partial charge in [-0.1, -0.05) is 19.3 Å². The van der Waals surface area contributed by atoms with Crippen molar-refractivity contribution < 1.29 is 24.5 Å². The van der Waals surface area contributed by atoms with Crippen molar-refractivity contribution in [2.24, 2.45) is 0 Å². The van der Waals surface area contributed by atoms with Crippen LogP contribution < -0.4 is 5.32 Å². The van der Waals surface area contributed by atoms with Crippen molar-refractivity contribution in [3.63, 3.8) is 0 Å². The van der Waals surface area contributed by atoms with Crippen molar-refractivity contribution >= 4 is 12.1 Å². The third kappa shape index (κ3) is 10.3. The van der Waals surface area contributed by atoms with Gasteiger partial charge in [0.1, 0.15) is 11.6 Å². The Labute approximate surface area is 114 Å². The standard InChI is InChI=1S/C13H25NO5/c1-13(2,3)19-12(18)14-10(11(16)17)8-6-4-5-7-9-15/h10,15H,4-9H2,1-3H3,(H,14,18)(H,16,17). The van der Waals surface area contributed by atoms with Gasteiger partial charge < -0.3 is 20.3 Å². The van der Waals surface area contributed by atoms with Gasteiger partial charge in [0, 0.05) is 6.61 Å². The van der Waals surface area contributed by atoms with Crippen LogP contribution >= 0.6 is 0 Å². The van der Waals surface area contributed by atoms with Crippen molar-refractivity contribution in [2.45, 2.75) is 64.5 Å². The molecule has 0 bridgehead atoms. The number of aliphatic carboxylic acids is 1. The van der Waals surface area contributed by atoms with Crippen LogP contribution in [0.4, 0.5) is 4.79 Å². The number of amides is 1. The van der Waals surface area contributed by atoms with Crippen LogP contribution in [0, 0.1) is 0 Å². The number of hydrogen-bond acceptors (Lipinski definition) is 4. The molecule has 1 amide bonds. The second-order valence-electron chi connectivity index (χ2n) is 5.46. The fourth-order valence-electron chi connectivity index (χ4n) is 1.52. The lowest BCUT2D eigenvalue weighted by atomic mass is 10.1. The van der Waals surface area contributed by atoms with Gasteiger partial charge in [0.15, 0.2) is 0 Å². The predicted molar refractivity (Wildman–Crippen MR) is 71.0 cm³/mol. The highest BCUT2D eigenvalue weighted by Crippen LogP contribution is 2.09. The van der Waals surface area contributed by atoms with E-state index in [1.165, 1.54) is 0 Å². The first-order valence-electron chi connectivity index (χ1n) is 6.59. The number of nitrogens with one attached hydrogen (secondary N) is 1. The van der Waals surface area contributed by atoms with Gasteiger partial charge in [-0.05, 0) is 33.6 Å². The smallest absolute Gasteiger partial charge is 0.408 e. The molecular weight excluding hydrogens is 250 g/mol. The number of carboxylic acids is 1. The van der Waals surface area contributed by atoms with E-state index in [-0.39, 0.29) is 6.61 Å². The summed E-state index contributed by atoms with van der Waals surface area (Å²) in [7, 11) is 0. The predicted octanol–water partition coefficient (Wildman–Crippen LogP) is 1.91. The van der Waals surface area contributed by atoms with Gasteiger partial charge in [0.25, 0.3) is 0 Å². The van der Waals surface area contributed by atoms with Gasteiger partial charge in [-0.3, -0.25) is 0 Å². The maximum absolute atomic E-state index is 11.5.